The quantitative estimate of drug-likeness (QED) is 0.254. The van der Waals surface area contributed by atoms with E-state index in [0.29, 0.717) is 9.73 Å². The number of aryl methyl sites for hydroxylation is 1. The highest BCUT2D eigenvalue weighted by molar-refractivity contribution is 7.90. The molecule has 0 radical (unpaired) electrons. The Hall–Kier alpha value is -1.45. The van der Waals surface area contributed by atoms with Crippen LogP contribution >= 0.6 is 24.4 Å². The van der Waals surface area contributed by atoms with E-state index in [9.17, 15) is 4.39 Å². The second kappa shape index (κ2) is 10.5. The van der Waals surface area contributed by atoms with Crippen LogP contribution < -0.4 is 0 Å². The molecule has 0 aliphatic carbocycles. The van der Waals surface area contributed by atoms with Gasteiger partial charge in [-0.15, -0.1) is 0 Å². The van der Waals surface area contributed by atoms with Crippen molar-refractivity contribution in [2.24, 2.45) is 0 Å². The summed E-state index contributed by atoms with van der Waals surface area (Å²) in [7, 11) is 0. The summed E-state index contributed by atoms with van der Waals surface area (Å²) in [6.07, 6.45) is 8.98. The highest BCUT2D eigenvalue weighted by Crippen LogP contribution is 2.15. The Morgan fingerprint density at radius 3 is 1.76 bits per heavy atom. The third-order valence-electron chi connectivity index (χ3n) is 4.35. The monoisotopic (exact) mass is 372 g/mol. The lowest BCUT2D eigenvalue weighted by atomic mass is 10.0. The second-order valence-corrected chi connectivity index (χ2v) is 7.20. The molecule has 0 heterocycles. The van der Waals surface area contributed by atoms with Crippen molar-refractivity contribution in [2.45, 2.75) is 51.9 Å². The Bertz CT molecular complexity index is 687. The van der Waals surface area contributed by atoms with E-state index < -0.39 is 0 Å². The van der Waals surface area contributed by atoms with Crippen molar-refractivity contribution in [3.05, 3.63) is 71.0 Å². The minimum absolute atomic E-state index is 0.267. The highest BCUT2D eigenvalue weighted by Gasteiger charge is 2.10. The smallest absolute Gasteiger partial charge is 0.123 e. The molecule has 0 fully saturated rings. The Morgan fingerprint density at radius 2 is 1.20 bits per heavy atom. The first-order valence-corrected chi connectivity index (χ1v) is 9.87. The summed E-state index contributed by atoms with van der Waals surface area (Å²) in [5.41, 5.74) is 3.09. The summed E-state index contributed by atoms with van der Waals surface area (Å²) in [4.78, 5) is 1.24. The van der Waals surface area contributed by atoms with Gasteiger partial charge in [0.1, 0.15) is 5.82 Å². The largest absolute Gasteiger partial charge is 0.207 e. The molecule has 2 aromatic carbocycles. The van der Waals surface area contributed by atoms with Crippen LogP contribution in [-0.2, 0) is 6.42 Å². The molecule has 25 heavy (non-hydrogen) atoms. The lowest BCUT2D eigenvalue weighted by molar-refractivity contribution is 0.607. The van der Waals surface area contributed by atoms with Crippen molar-refractivity contribution < 1.29 is 4.39 Å². The zero-order chi connectivity index (χ0) is 18.1. The van der Waals surface area contributed by atoms with E-state index in [1.165, 1.54) is 56.2 Å². The Labute approximate surface area is 161 Å². The van der Waals surface area contributed by atoms with Crippen LogP contribution in [0.25, 0.3) is 0 Å². The van der Waals surface area contributed by atoms with Crippen molar-refractivity contribution >= 4 is 34.2 Å². The molecule has 0 bridgehead atoms. The molecule has 0 nitrogen and oxygen atoms in total. The molecule has 132 valence electrons. The maximum atomic E-state index is 13.0. The molecular weight excluding hydrogens is 347 g/mol. The fraction of sp³-hybridized carbons (Fsp3) is 0.364. The summed E-state index contributed by atoms with van der Waals surface area (Å²) >= 11 is 11.0. The number of unbranched alkanes of at least 4 members (excludes halogenated alkanes) is 5. The molecule has 0 spiro atoms. The van der Waals surface area contributed by atoms with Gasteiger partial charge in [0, 0.05) is 0 Å². The first-order chi connectivity index (χ1) is 12.1. The number of halogens is 1. The van der Waals surface area contributed by atoms with Gasteiger partial charge in [0.2, 0.25) is 0 Å². The summed E-state index contributed by atoms with van der Waals surface area (Å²) in [6, 6.07) is 14.5. The predicted molar refractivity (Wildman–Crippen MR) is 113 cm³/mol. The van der Waals surface area contributed by atoms with Gasteiger partial charge < -0.3 is 0 Å². The molecule has 0 aromatic heterocycles. The van der Waals surface area contributed by atoms with Crippen LogP contribution in [0.3, 0.4) is 0 Å². The van der Waals surface area contributed by atoms with Gasteiger partial charge in [-0.3, -0.25) is 0 Å². The summed E-state index contributed by atoms with van der Waals surface area (Å²) in [5.74, 6) is -0.267. The molecule has 0 saturated carbocycles. The van der Waals surface area contributed by atoms with Gasteiger partial charge in [0.05, 0.1) is 9.73 Å². The van der Waals surface area contributed by atoms with Crippen molar-refractivity contribution in [3.8, 4) is 0 Å². The molecule has 0 saturated heterocycles. The first-order valence-electron chi connectivity index (χ1n) is 9.05. The molecule has 0 atom stereocenters. The SMILES string of the molecule is CCCCCCCCc1ccc(C(=S)C(=S)c2ccc(F)cc2)cc1. The van der Waals surface area contributed by atoms with Crippen LogP contribution in [0, 0.1) is 5.82 Å². The Morgan fingerprint density at radius 1 is 0.720 bits per heavy atom. The Balaban J connectivity index is 1.87. The lowest BCUT2D eigenvalue weighted by Gasteiger charge is -2.08. The molecule has 2 rings (SSSR count). The van der Waals surface area contributed by atoms with Crippen LogP contribution in [0.1, 0.15) is 62.1 Å². The number of hydrogen-bond donors (Lipinski definition) is 0. The third kappa shape index (κ3) is 6.41. The fourth-order valence-electron chi connectivity index (χ4n) is 2.80. The van der Waals surface area contributed by atoms with Crippen molar-refractivity contribution in [2.75, 3.05) is 0 Å². The molecule has 0 amide bonds. The third-order valence-corrected chi connectivity index (χ3v) is 5.36. The van der Waals surface area contributed by atoms with Gasteiger partial charge in [0.15, 0.2) is 0 Å². The van der Waals surface area contributed by atoms with E-state index in [1.807, 2.05) is 12.1 Å². The number of hydrogen-bond acceptors (Lipinski definition) is 2. The van der Waals surface area contributed by atoms with Gasteiger partial charge in [-0.25, -0.2) is 4.39 Å². The highest BCUT2D eigenvalue weighted by atomic mass is 32.1. The minimum Gasteiger partial charge on any atom is -0.207 e. The standard InChI is InChI=1S/C22H25FS2/c1-2-3-4-5-6-7-8-17-9-11-18(12-10-17)21(24)22(25)19-13-15-20(23)16-14-19/h9-16H,2-8H2,1H3. The van der Waals surface area contributed by atoms with E-state index in [1.54, 1.807) is 12.1 Å². The van der Waals surface area contributed by atoms with Crippen LogP contribution in [0.4, 0.5) is 4.39 Å². The minimum atomic E-state index is -0.267. The van der Waals surface area contributed by atoms with Gasteiger partial charge in [-0.1, -0.05) is 99.9 Å². The summed E-state index contributed by atoms with van der Waals surface area (Å²) in [5, 5.41) is 0. The number of rotatable bonds is 10. The zero-order valence-electron chi connectivity index (χ0n) is 14.8. The van der Waals surface area contributed by atoms with E-state index in [2.05, 4.69) is 19.1 Å². The fourth-order valence-corrected chi connectivity index (χ4v) is 3.30. The van der Waals surface area contributed by atoms with E-state index in [0.717, 1.165) is 17.5 Å². The number of benzene rings is 2. The van der Waals surface area contributed by atoms with Crippen LogP contribution in [0.15, 0.2) is 48.5 Å². The molecule has 3 heteroatoms. The maximum Gasteiger partial charge on any atom is 0.123 e. The van der Waals surface area contributed by atoms with Crippen molar-refractivity contribution in [3.63, 3.8) is 0 Å². The summed E-state index contributed by atoms with van der Waals surface area (Å²) < 4.78 is 13.0. The van der Waals surface area contributed by atoms with Gasteiger partial charge in [-0.2, -0.15) is 0 Å². The van der Waals surface area contributed by atoms with Gasteiger partial charge >= 0.3 is 0 Å². The maximum absolute atomic E-state index is 13.0. The van der Waals surface area contributed by atoms with E-state index in [4.69, 9.17) is 24.4 Å². The molecule has 0 aliphatic heterocycles. The first kappa shape index (κ1) is 19.9. The average molecular weight is 373 g/mol. The molecule has 2 aromatic rings. The zero-order valence-corrected chi connectivity index (χ0v) is 16.4. The van der Waals surface area contributed by atoms with Gasteiger partial charge in [0.25, 0.3) is 0 Å². The van der Waals surface area contributed by atoms with E-state index in [-0.39, 0.29) is 5.82 Å². The molecule has 0 aliphatic rings. The molecule has 0 N–H and O–H groups in total. The predicted octanol–water partition coefficient (Wildman–Crippen LogP) is 6.86. The number of thiocarbonyl (C=S) groups is 2. The van der Waals surface area contributed by atoms with Crippen molar-refractivity contribution in [1.29, 1.82) is 0 Å². The molecule has 0 unspecified atom stereocenters. The molecular formula is C22H25FS2. The summed E-state index contributed by atoms with van der Waals surface area (Å²) in [6.45, 7) is 2.24. The van der Waals surface area contributed by atoms with Crippen LogP contribution in [0.2, 0.25) is 0 Å². The Kier molecular flexibility index (Phi) is 8.36. The van der Waals surface area contributed by atoms with E-state index >= 15 is 0 Å². The van der Waals surface area contributed by atoms with Crippen LogP contribution in [-0.4, -0.2) is 9.73 Å². The lowest BCUT2D eigenvalue weighted by Crippen LogP contribution is -2.12. The second-order valence-electron chi connectivity index (χ2n) is 6.38. The van der Waals surface area contributed by atoms with Crippen LogP contribution in [0.5, 0.6) is 0 Å². The van der Waals surface area contributed by atoms with Crippen molar-refractivity contribution in [1.82, 2.24) is 0 Å². The average Bonchev–Trinajstić information content (AvgIpc) is 2.64. The topological polar surface area (TPSA) is 0 Å². The normalized spacial score (nSPS) is 10.6. The van der Waals surface area contributed by atoms with Gasteiger partial charge in [-0.05, 0) is 41.7 Å².